The fourth-order valence-electron chi connectivity index (χ4n) is 1.25. The van der Waals surface area contributed by atoms with Gasteiger partial charge in [-0.15, -0.1) is 0 Å². The number of ether oxygens (including phenoxy) is 2. The first-order chi connectivity index (χ1) is 6.53. The summed E-state index contributed by atoms with van der Waals surface area (Å²) in [5.74, 6) is 0. The SMILES string of the molecule is [CH2]C1(OC)C=CC([N+](=O)[O-])=CC1OC. The second-order valence-corrected chi connectivity index (χ2v) is 3.00. The van der Waals surface area contributed by atoms with Crippen LogP contribution < -0.4 is 0 Å². The van der Waals surface area contributed by atoms with Gasteiger partial charge < -0.3 is 9.47 Å². The van der Waals surface area contributed by atoms with Crippen molar-refractivity contribution in [1.29, 1.82) is 0 Å². The Hall–Kier alpha value is -1.20. The van der Waals surface area contributed by atoms with E-state index in [0.717, 1.165) is 0 Å². The lowest BCUT2D eigenvalue weighted by atomic mass is 9.93. The molecule has 1 radical (unpaired) electrons. The normalized spacial score (nSPS) is 31.4. The minimum atomic E-state index is -0.881. The van der Waals surface area contributed by atoms with E-state index < -0.39 is 16.6 Å². The quantitative estimate of drug-likeness (QED) is 0.500. The van der Waals surface area contributed by atoms with Crippen LogP contribution >= 0.6 is 0 Å². The zero-order valence-corrected chi connectivity index (χ0v) is 8.10. The van der Waals surface area contributed by atoms with Crippen molar-refractivity contribution in [1.82, 2.24) is 0 Å². The first-order valence-corrected chi connectivity index (χ1v) is 4.02. The van der Waals surface area contributed by atoms with Gasteiger partial charge in [-0.3, -0.25) is 10.1 Å². The molecule has 1 rings (SSSR count). The smallest absolute Gasteiger partial charge is 0.267 e. The molecule has 0 aromatic rings. The Morgan fingerprint density at radius 3 is 2.71 bits per heavy atom. The Balaban J connectivity index is 2.96. The molecule has 0 aromatic heterocycles. The molecule has 0 amide bonds. The zero-order chi connectivity index (χ0) is 10.8. The molecule has 0 saturated carbocycles. The Labute approximate surface area is 82.2 Å². The Morgan fingerprint density at radius 2 is 2.29 bits per heavy atom. The number of allylic oxidation sites excluding steroid dienone is 1. The van der Waals surface area contributed by atoms with Crippen molar-refractivity contribution in [2.45, 2.75) is 11.7 Å². The molecular weight excluding hydrogens is 186 g/mol. The van der Waals surface area contributed by atoms with Gasteiger partial charge in [0.1, 0.15) is 11.7 Å². The monoisotopic (exact) mass is 198 g/mol. The van der Waals surface area contributed by atoms with E-state index in [9.17, 15) is 10.1 Å². The highest BCUT2D eigenvalue weighted by Gasteiger charge is 2.35. The minimum absolute atomic E-state index is 0.00632. The third-order valence-corrected chi connectivity index (χ3v) is 2.18. The lowest BCUT2D eigenvalue weighted by molar-refractivity contribution is -0.420. The fourth-order valence-corrected chi connectivity index (χ4v) is 1.25. The number of methoxy groups -OCH3 is 2. The van der Waals surface area contributed by atoms with Crippen molar-refractivity contribution >= 4 is 0 Å². The standard InChI is InChI=1S/C9H12NO4/c1-9(14-3)5-4-7(10(11)12)6-8(9)13-2/h4-6,8H,1H2,2-3H3. The van der Waals surface area contributed by atoms with E-state index in [1.807, 2.05) is 0 Å². The van der Waals surface area contributed by atoms with E-state index in [2.05, 4.69) is 6.92 Å². The summed E-state index contributed by atoms with van der Waals surface area (Å²) in [6.45, 7) is 3.79. The molecule has 0 fully saturated rings. The van der Waals surface area contributed by atoms with E-state index in [0.29, 0.717) is 0 Å². The van der Waals surface area contributed by atoms with Crippen LogP contribution in [0.3, 0.4) is 0 Å². The van der Waals surface area contributed by atoms with Crippen LogP contribution in [0.5, 0.6) is 0 Å². The molecule has 14 heavy (non-hydrogen) atoms. The number of nitro groups is 1. The van der Waals surface area contributed by atoms with Crippen molar-refractivity contribution in [3.05, 3.63) is 41.0 Å². The zero-order valence-electron chi connectivity index (χ0n) is 8.10. The van der Waals surface area contributed by atoms with Crippen LogP contribution in [-0.4, -0.2) is 30.8 Å². The van der Waals surface area contributed by atoms with Gasteiger partial charge in [0.05, 0.1) is 4.92 Å². The second-order valence-electron chi connectivity index (χ2n) is 3.00. The number of hydrogen-bond acceptors (Lipinski definition) is 4. The first kappa shape index (κ1) is 10.9. The van der Waals surface area contributed by atoms with Gasteiger partial charge in [-0.25, -0.2) is 0 Å². The van der Waals surface area contributed by atoms with E-state index >= 15 is 0 Å². The summed E-state index contributed by atoms with van der Waals surface area (Å²) in [6, 6.07) is 0. The van der Waals surface area contributed by atoms with Gasteiger partial charge in [0.2, 0.25) is 0 Å². The largest absolute Gasteiger partial charge is 0.374 e. The van der Waals surface area contributed by atoms with E-state index in [1.165, 1.54) is 32.4 Å². The molecule has 0 spiro atoms. The van der Waals surface area contributed by atoms with Crippen molar-refractivity contribution in [2.75, 3.05) is 14.2 Å². The number of rotatable bonds is 3. The van der Waals surface area contributed by atoms with Crippen LogP contribution in [0.15, 0.2) is 23.9 Å². The molecule has 5 nitrogen and oxygen atoms in total. The molecule has 0 aliphatic heterocycles. The Bertz CT molecular complexity index is 297. The van der Waals surface area contributed by atoms with Crippen LogP contribution in [0.4, 0.5) is 0 Å². The van der Waals surface area contributed by atoms with Crippen LogP contribution in [0.1, 0.15) is 0 Å². The number of nitrogens with zero attached hydrogens (tertiary/aromatic N) is 1. The van der Waals surface area contributed by atoms with Crippen LogP contribution in [0.25, 0.3) is 0 Å². The molecule has 0 aromatic carbocycles. The molecular formula is C9H12NO4. The van der Waals surface area contributed by atoms with Crippen LogP contribution in [0, 0.1) is 17.0 Å². The molecule has 77 valence electrons. The lowest BCUT2D eigenvalue weighted by Gasteiger charge is -2.32. The Kier molecular flexibility index (Phi) is 3.03. The summed E-state index contributed by atoms with van der Waals surface area (Å²) in [6.07, 6.45) is 3.74. The molecule has 1 aliphatic carbocycles. The summed E-state index contributed by atoms with van der Waals surface area (Å²) < 4.78 is 10.2. The summed E-state index contributed by atoms with van der Waals surface area (Å²) in [5, 5.41) is 10.5. The summed E-state index contributed by atoms with van der Waals surface area (Å²) in [7, 11) is 2.94. The van der Waals surface area contributed by atoms with Gasteiger partial charge in [-0.1, -0.05) is 0 Å². The van der Waals surface area contributed by atoms with E-state index in [4.69, 9.17) is 9.47 Å². The van der Waals surface area contributed by atoms with Gasteiger partial charge in [-0.05, 0) is 13.0 Å². The maximum Gasteiger partial charge on any atom is 0.267 e. The number of hydrogen-bond donors (Lipinski definition) is 0. The predicted octanol–water partition coefficient (Wildman–Crippen LogP) is 0.951. The molecule has 0 saturated heterocycles. The Morgan fingerprint density at radius 1 is 1.64 bits per heavy atom. The molecule has 0 N–H and O–H groups in total. The highest BCUT2D eigenvalue weighted by Crippen LogP contribution is 2.26. The molecule has 0 heterocycles. The van der Waals surface area contributed by atoms with Gasteiger partial charge in [-0.2, -0.15) is 0 Å². The second kappa shape index (κ2) is 3.89. The van der Waals surface area contributed by atoms with Gasteiger partial charge in [0.15, 0.2) is 0 Å². The molecule has 0 bridgehead atoms. The highest BCUT2D eigenvalue weighted by molar-refractivity contribution is 5.28. The average molecular weight is 198 g/mol. The van der Waals surface area contributed by atoms with Gasteiger partial charge in [0.25, 0.3) is 5.70 Å². The van der Waals surface area contributed by atoms with Gasteiger partial charge >= 0.3 is 0 Å². The predicted molar refractivity (Wildman–Crippen MR) is 50.1 cm³/mol. The summed E-state index contributed by atoms with van der Waals surface area (Å²) in [5.41, 5.74) is -0.887. The fraction of sp³-hybridized carbons (Fsp3) is 0.444. The lowest BCUT2D eigenvalue weighted by Crippen LogP contribution is -2.41. The van der Waals surface area contributed by atoms with Gasteiger partial charge in [0, 0.05) is 26.4 Å². The molecule has 5 heteroatoms. The maximum atomic E-state index is 10.5. The topological polar surface area (TPSA) is 61.6 Å². The van der Waals surface area contributed by atoms with E-state index in [-0.39, 0.29) is 5.70 Å². The maximum absolute atomic E-state index is 10.5. The van der Waals surface area contributed by atoms with E-state index in [1.54, 1.807) is 0 Å². The third kappa shape index (κ3) is 1.83. The third-order valence-electron chi connectivity index (χ3n) is 2.18. The molecule has 1 aliphatic rings. The highest BCUT2D eigenvalue weighted by atomic mass is 16.6. The van der Waals surface area contributed by atoms with Crippen LogP contribution in [0.2, 0.25) is 0 Å². The first-order valence-electron chi connectivity index (χ1n) is 4.02. The van der Waals surface area contributed by atoms with Crippen molar-refractivity contribution in [2.24, 2.45) is 0 Å². The van der Waals surface area contributed by atoms with Crippen LogP contribution in [-0.2, 0) is 9.47 Å². The summed E-state index contributed by atoms with van der Waals surface area (Å²) >= 11 is 0. The average Bonchev–Trinajstić information content (AvgIpc) is 2.18. The molecule has 2 unspecified atom stereocenters. The van der Waals surface area contributed by atoms with Crippen molar-refractivity contribution in [3.63, 3.8) is 0 Å². The molecule has 2 atom stereocenters. The summed E-state index contributed by atoms with van der Waals surface area (Å²) in [4.78, 5) is 10.0. The van der Waals surface area contributed by atoms with Crippen molar-refractivity contribution in [3.8, 4) is 0 Å². The van der Waals surface area contributed by atoms with Crippen molar-refractivity contribution < 1.29 is 14.4 Å². The minimum Gasteiger partial charge on any atom is -0.374 e.